The molecule has 0 aromatic rings. The maximum Gasteiger partial charge on any atom is 0.231 e. The van der Waals surface area contributed by atoms with Crippen molar-refractivity contribution in [1.29, 1.82) is 0 Å². The number of hydrogen-bond acceptors (Lipinski definition) is 3. The Morgan fingerprint density at radius 2 is 1.83 bits per heavy atom. The molecule has 2 amide bonds. The fourth-order valence-electron chi connectivity index (χ4n) is 2.08. The largest absolute Gasteiger partial charge is 0.369 e. The number of hydrogen-bond donors (Lipinski definition) is 2. The average molecular weight is 255 g/mol. The third-order valence-electron chi connectivity index (χ3n) is 3.71. The van der Waals surface area contributed by atoms with Crippen molar-refractivity contribution in [3.63, 3.8) is 0 Å². The normalized spacial score (nSPS) is 19.8. The van der Waals surface area contributed by atoms with Crippen LogP contribution in [0, 0.1) is 11.8 Å². The van der Waals surface area contributed by atoms with E-state index in [0.717, 1.165) is 25.9 Å². The lowest BCUT2D eigenvalue weighted by Gasteiger charge is -2.31. The van der Waals surface area contributed by atoms with E-state index in [1.165, 1.54) is 0 Å². The molecule has 0 aromatic heterocycles. The molecule has 1 aliphatic heterocycles. The van der Waals surface area contributed by atoms with Gasteiger partial charge in [0.2, 0.25) is 11.8 Å². The number of rotatable bonds is 5. The molecule has 0 saturated carbocycles. The number of carbonyl (C=O) groups is 2. The second kappa shape index (κ2) is 6.73. The molecule has 104 valence electrons. The first kappa shape index (κ1) is 15.0. The number of nitrogens with two attached hydrogens (primary N) is 1. The topological polar surface area (TPSA) is 75.4 Å². The zero-order valence-electron chi connectivity index (χ0n) is 11.6. The molecule has 1 saturated heterocycles. The lowest BCUT2D eigenvalue weighted by Crippen LogP contribution is -2.45. The Bertz CT molecular complexity index is 297. The van der Waals surface area contributed by atoms with Gasteiger partial charge in [-0.15, -0.1) is 0 Å². The Hall–Kier alpha value is -1.10. The van der Waals surface area contributed by atoms with E-state index in [4.69, 9.17) is 5.73 Å². The highest BCUT2D eigenvalue weighted by Crippen LogP contribution is 2.17. The fraction of sp³-hybridized carbons (Fsp3) is 0.846. The average Bonchev–Trinajstić information content (AvgIpc) is 2.28. The van der Waals surface area contributed by atoms with Crippen LogP contribution in [-0.4, -0.2) is 42.4 Å². The standard InChI is InChI=1S/C13H25N3O2/c1-9(2)10(3)15-13(18)11-4-6-16(7-5-11)8-12(14)17/h9-11H,4-8H2,1-3H3,(H2,14,17)(H,15,18)/t10-/m1/s1. The summed E-state index contributed by atoms with van der Waals surface area (Å²) in [5, 5.41) is 3.06. The molecule has 5 heteroatoms. The van der Waals surface area contributed by atoms with Gasteiger partial charge in [-0.3, -0.25) is 14.5 Å². The molecule has 0 bridgehead atoms. The van der Waals surface area contributed by atoms with Crippen molar-refractivity contribution < 1.29 is 9.59 Å². The van der Waals surface area contributed by atoms with Crippen molar-refractivity contribution in [2.75, 3.05) is 19.6 Å². The molecular formula is C13H25N3O2. The third kappa shape index (κ3) is 4.64. The molecule has 0 radical (unpaired) electrons. The van der Waals surface area contributed by atoms with Gasteiger partial charge in [-0.05, 0) is 38.8 Å². The first-order valence-electron chi connectivity index (χ1n) is 6.71. The Balaban J connectivity index is 2.34. The fourth-order valence-corrected chi connectivity index (χ4v) is 2.08. The van der Waals surface area contributed by atoms with Gasteiger partial charge in [-0.2, -0.15) is 0 Å². The summed E-state index contributed by atoms with van der Waals surface area (Å²) < 4.78 is 0. The summed E-state index contributed by atoms with van der Waals surface area (Å²) in [4.78, 5) is 24.8. The van der Waals surface area contributed by atoms with Crippen LogP contribution in [-0.2, 0) is 9.59 Å². The van der Waals surface area contributed by atoms with Gasteiger partial charge in [0.15, 0.2) is 0 Å². The Kier molecular flexibility index (Phi) is 5.59. The van der Waals surface area contributed by atoms with E-state index in [2.05, 4.69) is 19.2 Å². The minimum Gasteiger partial charge on any atom is -0.369 e. The number of piperidine rings is 1. The van der Waals surface area contributed by atoms with Crippen LogP contribution in [0.3, 0.4) is 0 Å². The molecule has 18 heavy (non-hydrogen) atoms. The van der Waals surface area contributed by atoms with E-state index in [1.807, 2.05) is 11.8 Å². The van der Waals surface area contributed by atoms with E-state index >= 15 is 0 Å². The van der Waals surface area contributed by atoms with Crippen molar-refractivity contribution in [1.82, 2.24) is 10.2 Å². The molecule has 1 atom stereocenters. The van der Waals surface area contributed by atoms with Crippen LogP contribution in [0.2, 0.25) is 0 Å². The van der Waals surface area contributed by atoms with Crippen molar-refractivity contribution in [3.05, 3.63) is 0 Å². The summed E-state index contributed by atoms with van der Waals surface area (Å²) in [5.74, 6) is 0.375. The number of nitrogens with one attached hydrogen (secondary N) is 1. The van der Waals surface area contributed by atoms with Gasteiger partial charge in [-0.25, -0.2) is 0 Å². The summed E-state index contributed by atoms with van der Waals surface area (Å²) in [6, 6.07) is 0.209. The van der Waals surface area contributed by atoms with Gasteiger partial charge >= 0.3 is 0 Å². The molecule has 0 unspecified atom stereocenters. The molecule has 1 rings (SSSR count). The van der Waals surface area contributed by atoms with Crippen LogP contribution >= 0.6 is 0 Å². The van der Waals surface area contributed by atoms with Crippen LogP contribution in [0.4, 0.5) is 0 Å². The first-order valence-corrected chi connectivity index (χ1v) is 6.71. The van der Waals surface area contributed by atoms with Crippen LogP contribution in [0.15, 0.2) is 0 Å². The predicted octanol–water partition coefficient (Wildman–Crippen LogP) is 0.344. The molecule has 1 fully saturated rings. The Labute approximate surface area is 109 Å². The van der Waals surface area contributed by atoms with Crippen molar-refractivity contribution in [2.45, 2.75) is 39.7 Å². The molecule has 0 aliphatic carbocycles. The van der Waals surface area contributed by atoms with Crippen molar-refractivity contribution in [3.8, 4) is 0 Å². The molecular weight excluding hydrogens is 230 g/mol. The van der Waals surface area contributed by atoms with E-state index in [9.17, 15) is 9.59 Å². The van der Waals surface area contributed by atoms with Crippen LogP contribution < -0.4 is 11.1 Å². The summed E-state index contributed by atoms with van der Waals surface area (Å²) in [6.45, 7) is 8.08. The summed E-state index contributed by atoms with van der Waals surface area (Å²) in [5.41, 5.74) is 5.16. The van der Waals surface area contributed by atoms with Crippen molar-refractivity contribution in [2.24, 2.45) is 17.6 Å². The first-order chi connectivity index (χ1) is 8.40. The monoisotopic (exact) mass is 255 g/mol. The lowest BCUT2D eigenvalue weighted by molar-refractivity contribution is -0.127. The van der Waals surface area contributed by atoms with Gasteiger partial charge in [0, 0.05) is 12.0 Å². The quantitative estimate of drug-likeness (QED) is 0.744. The van der Waals surface area contributed by atoms with Crippen LogP contribution in [0.5, 0.6) is 0 Å². The smallest absolute Gasteiger partial charge is 0.231 e. The molecule has 1 aliphatic rings. The molecule has 5 nitrogen and oxygen atoms in total. The van der Waals surface area contributed by atoms with Gasteiger partial charge in [0.05, 0.1) is 6.54 Å². The highest BCUT2D eigenvalue weighted by atomic mass is 16.2. The summed E-state index contributed by atoms with van der Waals surface area (Å²) in [7, 11) is 0. The second-order valence-electron chi connectivity index (χ2n) is 5.56. The van der Waals surface area contributed by atoms with E-state index < -0.39 is 0 Å². The number of primary amides is 1. The maximum absolute atomic E-state index is 12.0. The predicted molar refractivity (Wildman–Crippen MR) is 70.8 cm³/mol. The van der Waals surface area contributed by atoms with E-state index in [0.29, 0.717) is 12.5 Å². The second-order valence-corrected chi connectivity index (χ2v) is 5.56. The highest BCUT2D eigenvalue weighted by Gasteiger charge is 2.26. The zero-order valence-corrected chi connectivity index (χ0v) is 11.6. The van der Waals surface area contributed by atoms with Gasteiger partial charge in [-0.1, -0.05) is 13.8 Å². The van der Waals surface area contributed by atoms with E-state index in [-0.39, 0.29) is 23.8 Å². The number of amides is 2. The van der Waals surface area contributed by atoms with Crippen molar-refractivity contribution >= 4 is 11.8 Å². The minimum atomic E-state index is -0.300. The Morgan fingerprint density at radius 1 is 1.28 bits per heavy atom. The van der Waals surface area contributed by atoms with E-state index in [1.54, 1.807) is 0 Å². The Morgan fingerprint density at radius 3 is 2.28 bits per heavy atom. The maximum atomic E-state index is 12.0. The lowest BCUT2D eigenvalue weighted by atomic mass is 9.95. The summed E-state index contributed by atoms with van der Waals surface area (Å²) in [6.07, 6.45) is 1.62. The number of carbonyl (C=O) groups excluding carboxylic acids is 2. The number of likely N-dealkylation sites (tertiary alicyclic amines) is 1. The van der Waals surface area contributed by atoms with Crippen LogP contribution in [0.25, 0.3) is 0 Å². The highest BCUT2D eigenvalue weighted by molar-refractivity contribution is 5.79. The molecule has 0 spiro atoms. The SMILES string of the molecule is CC(C)[C@@H](C)NC(=O)C1CCN(CC(N)=O)CC1. The van der Waals surface area contributed by atoms with Gasteiger partial charge < -0.3 is 11.1 Å². The zero-order chi connectivity index (χ0) is 13.7. The number of nitrogens with zero attached hydrogens (tertiary/aromatic N) is 1. The van der Waals surface area contributed by atoms with Gasteiger partial charge in [0.25, 0.3) is 0 Å². The molecule has 3 N–H and O–H groups in total. The minimum absolute atomic E-state index is 0.0790. The summed E-state index contributed by atoms with van der Waals surface area (Å²) >= 11 is 0. The van der Waals surface area contributed by atoms with Gasteiger partial charge in [0.1, 0.15) is 0 Å². The molecule has 1 heterocycles. The van der Waals surface area contributed by atoms with Crippen LogP contribution in [0.1, 0.15) is 33.6 Å². The third-order valence-corrected chi connectivity index (χ3v) is 3.71. The molecule has 0 aromatic carbocycles.